The number of nitrogens with zero attached hydrogens (tertiary/aromatic N) is 4. The second kappa shape index (κ2) is 3.08. The highest BCUT2D eigenvalue weighted by Crippen LogP contribution is 2.20. The Balaban J connectivity index is 2.86. The molecule has 1 aromatic rings. The summed E-state index contributed by atoms with van der Waals surface area (Å²) in [5.74, 6) is 3.21. The first-order chi connectivity index (χ1) is 6.70. The predicted octanol–water partition coefficient (Wildman–Crippen LogP) is 0.0566. The number of fused-ring (bicyclic) bond motifs is 1. The predicted molar refractivity (Wildman–Crippen MR) is 54.2 cm³/mol. The van der Waals surface area contributed by atoms with E-state index in [-0.39, 0.29) is 11.5 Å². The second-order valence-corrected chi connectivity index (χ2v) is 2.69. The van der Waals surface area contributed by atoms with Gasteiger partial charge in [-0.25, -0.2) is 9.98 Å². The van der Waals surface area contributed by atoms with Gasteiger partial charge in [-0.2, -0.15) is 4.99 Å². The van der Waals surface area contributed by atoms with Gasteiger partial charge in [-0.15, -0.1) is 0 Å². The molecule has 0 N–H and O–H groups in total. The summed E-state index contributed by atoms with van der Waals surface area (Å²) < 4.78 is 0.941. The van der Waals surface area contributed by atoms with Crippen LogP contribution in [0.4, 0.5) is 11.5 Å². The van der Waals surface area contributed by atoms with Crippen molar-refractivity contribution in [2.75, 3.05) is 0 Å². The largest absolute Gasteiger partial charge is 0.352 e. The summed E-state index contributed by atoms with van der Waals surface area (Å²) in [7, 11) is 5.45. The lowest BCUT2D eigenvalue weighted by atomic mass is 10.3. The van der Waals surface area contributed by atoms with E-state index < -0.39 is 5.56 Å². The lowest BCUT2D eigenvalue weighted by Gasteiger charge is -2.04. The van der Waals surface area contributed by atoms with Gasteiger partial charge in [-0.1, -0.05) is 0 Å². The Bertz CT molecular complexity index is 537. The third-order valence-corrected chi connectivity index (χ3v) is 1.77. The van der Waals surface area contributed by atoms with Gasteiger partial charge >= 0.3 is 0 Å². The summed E-state index contributed by atoms with van der Waals surface area (Å²) in [6.07, 6.45) is 2.92. The molecule has 0 atom stereocenters. The summed E-state index contributed by atoms with van der Waals surface area (Å²) in [6.45, 7) is 1.62. The zero-order valence-corrected chi connectivity index (χ0v) is 7.43. The van der Waals surface area contributed by atoms with Crippen LogP contribution in [0.2, 0.25) is 0 Å². The van der Waals surface area contributed by atoms with Crippen LogP contribution in [0.25, 0.3) is 0 Å². The number of aliphatic imine (C=N–C) groups is 2. The molecule has 0 saturated heterocycles. The Labute approximate surface area is 81.0 Å². The Morgan fingerprint density at radius 2 is 2.36 bits per heavy atom. The van der Waals surface area contributed by atoms with Crippen molar-refractivity contribution < 1.29 is 0 Å². The third-order valence-electron chi connectivity index (χ3n) is 1.77. The maximum Gasteiger partial charge on any atom is 0.268 e. The van der Waals surface area contributed by atoms with Crippen LogP contribution in [-0.2, 0) is 0 Å². The van der Waals surface area contributed by atoms with Crippen LogP contribution >= 0.6 is 0 Å². The maximum atomic E-state index is 11.6. The number of hydrogen-bond acceptors (Lipinski definition) is 4. The van der Waals surface area contributed by atoms with E-state index in [1.165, 1.54) is 12.3 Å². The lowest BCUT2D eigenvalue weighted by molar-refractivity contribution is 0.951. The van der Waals surface area contributed by atoms with Crippen LogP contribution in [0.15, 0.2) is 20.9 Å². The van der Waals surface area contributed by atoms with Gasteiger partial charge in [0.25, 0.3) is 5.56 Å². The van der Waals surface area contributed by atoms with Gasteiger partial charge in [0.05, 0.1) is 5.82 Å². The zero-order chi connectivity index (χ0) is 10.1. The zero-order valence-electron chi connectivity index (χ0n) is 7.43. The number of aromatic nitrogens is 2. The SMILES string of the molecule is [B]n1c(C)nc2c(c1=O)N=CC=C=N2. The molecule has 0 bridgehead atoms. The van der Waals surface area contributed by atoms with E-state index in [1.807, 2.05) is 0 Å². The Hall–Kier alpha value is -1.94. The number of rotatable bonds is 0. The number of hydrogen-bond donors (Lipinski definition) is 0. The monoisotopic (exact) mass is 184 g/mol. The van der Waals surface area contributed by atoms with Crippen molar-refractivity contribution in [1.29, 1.82) is 0 Å². The molecular weight excluding hydrogens is 179 g/mol. The van der Waals surface area contributed by atoms with Gasteiger partial charge in [0.1, 0.15) is 0 Å². The Morgan fingerprint density at radius 3 is 3.14 bits per heavy atom. The van der Waals surface area contributed by atoms with Crippen LogP contribution in [-0.4, -0.2) is 29.5 Å². The molecule has 2 heterocycles. The van der Waals surface area contributed by atoms with Crippen molar-refractivity contribution in [3.05, 3.63) is 22.3 Å². The molecule has 1 aliphatic rings. The van der Waals surface area contributed by atoms with Gasteiger partial charge in [-0.05, 0) is 12.8 Å². The molecule has 1 aromatic heterocycles. The van der Waals surface area contributed by atoms with E-state index in [2.05, 4.69) is 20.8 Å². The fourth-order valence-corrected chi connectivity index (χ4v) is 1.05. The van der Waals surface area contributed by atoms with Crippen LogP contribution in [0.3, 0.4) is 0 Å². The fraction of sp³-hybridized carbons (Fsp3) is 0.125. The van der Waals surface area contributed by atoms with Crippen molar-refractivity contribution in [3.63, 3.8) is 0 Å². The molecule has 0 saturated carbocycles. The highest BCUT2D eigenvalue weighted by Gasteiger charge is 2.10. The van der Waals surface area contributed by atoms with Gasteiger partial charge in [0.15, 0.2) is 11.5 Å². The van der Waals surface area contributed by atoms with E-state index in [4.69, 9.17) is 7.98 Å². The number of aryl methyl sites for hydroxylation is 1. The molecule has 0 spiro atoms. The van der Waals surface area contributed by atoms with Gasteiger partial charge in [0, 0.05) is 12.3 Å². The van der Waals surface area contributed by atoms with Gasteiger partial charge in [-0.3, -0.25) is 4.79 Å². The van der Waals surface area contributed by atoms with Crippen LogP contribution in [0, 0.1) is 6.92 Å². The van der Waals surface area contributed by atoms with E-state index in [1.54, 1.807) is 6.92 Å². The molecule has 2 radical (unpaired) electrons. The summed E-state index contributed by atoms with van der Waals surface area (Å²) in [4.78, 5) is 23.3. The van der Waals surface area contributed by atoms with Crippen molar-refractivity contribution in [2.24, 2.45) is 9.98 Å². The highest BCUT2D eigenvalue weighted by molar-refractivity contribution is 6.07. The number of allylic oxidation sites excluding steroid dienone is 1. The van der Waals surface area contributed by atoms with Crippen molar-refractivity contribution in [1.82, 2.24) is 9.46 Å². The average Bonchev–Trinajstić information content (AvgIpc) is 2.39. The smallest absolute Gasteiger partial charge is 0.268 e. The van der Waals surface area contributed by atoms with E-state index >= 15 is 0 Å². The minimum Gasteiger partial charge on any atom is -0.352 e. The standard InChI is InChI=1S/C8H5BN4O/c1-5-12-7-6(8(14)13(5)9)10-3-2-4-11-7/h2-3H,1H3. The normalized spacial score (nSPS) is 12.6. The molecule has 5 nitrogen and oxygen atoms in total. The summed E-state index contributed by atoms with van der Waals surface area (Å²) in [5.41, 5.74) is -0.274. The molecule has 14 heavy (non-hydrogen) atoms. The third kappa shape index (κ3) is 1.22. The van der Waals surface area contributed by atoms with Crippen LogP contribution < -0.4 is 5.56 Å². The minimum absolute atomic E-state index is 0.138. The molecule has 0 aliphatic carbocycles. The molecule has 0 unspecified atom stereocenters. The molecule has 66 valence electrons. The quantitative estimate of drug-likeness (QED) is 0.535. The minimum atomic E-state index is -0.412. The maximum absolute atomic E-state index is 11.6. The van der Waals surface area contributed by atoms with E-state index in [0.717, 1.165) is 4.48 Å². The Kier molecular flexibility index (Phi) is 1.91. The first-order valence-corrected chi connectivity index (χ1v) is 3.91. The van der Waals surface area contributed by atoms with Crippen LogP contribution in [0.5, 0.6) is 0 Å². The van der Waals surface area contributed by atoms with E-state index in [0.29, 0.717) is 5.82 Å². The first-order valence-electron chi connectivity index (χ1n) is 3.91. The summed E-state index contributed by atoms with van der Waals surface area (Å²) >= 11 is 0. The van der Waals surface area contributed by atoms with Crippen molar-refractivity contribution in [3.8, 4) is 0 Å². The van der Waals surface area contributed by atoms with E-state index in [9.17, 15) is 4.79 Å². The average molecular weight is 184 g/mol. The van der Waals surface area contributed by atoms with Crippen molar-refractivity contribution >= 4 is 31.6 Å². The first kappa shape index (κ1) is 8.65. The van der Waals surface area contributed by atoms with Crippen LogP contribution in [0.1, 0.15) is 5.82 Å². The lowest BCUT2D eigenvalue weighted by Crippen LogP contribution is -2.21. The van der Waals surface area contributed by atoms with Crippen molar-refractivity contribution in [2.45, 2.75) is 6.92 Å². The Morgan fingerprint density at radius 1 is 1.57 bits per heavy atom. The fourth-order valence-electron chi connectivity index (χ4n) is 1.05. The molecule has 0 amide bonds. The highest BCUT2D eigenvalue weighted by atomic mass is 16.1. The molecule has 6 heteroatoms. The van der Waals surface area contributed by atoms with Gasteiger partial charge in [0.2, 0.25) is 7.98 Å². The van der Waals surface area contributed by atoms with Gasteiger partial charge < -0.3 is 4.48 Å². The topological polar surface area (TPSA) is 59.6 Å². The second-order valence-electron chi connectivity index (χ2n) is 2.69. The molecular formula is C8H5BN4O. The molecule has 0 aromatic carbocycles. The molecule has 1 aliphatic heterocycles. The summed E-state index contributed by atoms with van der Waals surface area (Å²) in [5, 5.41) is 0. The summed E-state index contributed by atoms with van der Waals surface area (Å²) in [6, 6.07) is 0. The molecule has 2 rings (SSSR count). The molecule has 0 fully saturated rings.